The zero-order valence-electron chi connectivity index (χ0n) is 9.35. The van der Waals surface area contributed by atoms with E-state index in [9.17, 15) is 9.90 Å². The first-order chi connectivity index (χ1) is 7.62. The van der Waals surface area contributed by atoms with E-state index in [2.05, 4.69) is 0 Å². The van der Waals surface area contributed by atoms with Gasteiger partial charge in [0, 0.05) is 6.42 Å². The van der Waals surface area contributed by atoms with E-state index >= 15 is 0 Å². The van der Waals surface area contributed by atoms with Crippen molar-refractivity contribution in [1.82, 2.24) is 0 Å². The van der Waals surface area contributed by atoms with Gasteiger partial charge in [0.05, 0.1) is 13.2 Å². The highest BCUT2D eigenvalue weighted by atomic mass is 16.5. The van der Waals surface area contributed by atoms with E-state index in [0.717, 1.165) is 5.56 Å². The fraction of sp³-hybridized carbons (Fsp3) is 0.417. The highest BCUT2D eigenvalue weighted by Crippen LogP contribution is 2.12. The van der Waals surface area contributed by atoms with E-state index in [1.165, 1.54) is 0 Å². The largest absolute Gasteiger partial charge is 0.465 e. The van der Waals surface area contributed by atoms with E-state index in [-0.39, 0.29) is 13.0 Å². The van der Waals surface area contributed by atoms with E-state index in [4.69, 9.17) is 10.5 Å². The topological polar surface area (TPSA) is 72.5 Å². The van der Waals surface area contributed by atoms with Gasteiger partial charge in [0.2, 0.25) is 0 Å². The van der Waals surface area contributed by atoms with Crippen molar-refractivity contribution in [2.75, 3.05) is 13.2 Å². The van der Waals surface area contributed by atoms with Crippen molar-refractivity contribution in [2.45, 2.75) is 18.9 Å². The third-order valence-corrected chi connectivity index (χ3v) is 2.33. The van der Waals surface area contributed by atoms with Crippen LogP contribution in [0.25, 0.3) is 0 Å². The Morgan fingerprint density at radius 1 is 1.44 bits per heavy atom. The minimum Gasteiger partial charge on any atom is -0.465 e. The second-order valence-corrected chi connectivity index (χ2v) is 3.70. The number of carbonyl (C=O) groups is 1. The van der Waals surface area contributed by atoms with Gasteiger partial charge in [0.25, 0.3) is 0 Å². The highest BCUT2D eigenvalue weighted by molar-refractivity contribution is 5.81. The molecule has 1 aromatic carbocycles. The Kier molecular flexibility index (Phi) is 4.46. The molecule has 0 fully saturated rings. The molecule has 4 heteroatoms. The van der Waals surface area contributed by atoms with Crippen molar-refractivity contribution in [3.8, 4) is 0 Å². The standard InChI is InChI=1S/C12H17NO3/c1-2-16-11(15)12(13,9-14)8-10-6-4-3-5-7-10/h3-7,14H,2,8-9,13H2,1H3/t12-/m0/s1. The molecule has 16 heavy (non-hydrogen) atoms. The van der Waals surface area contributed by atoms with Crippen LogP contribution in [-0.2, 0) is 16.0 Å². The summed E-state index contributed by atoms with van der Waals surface area (Å²) >= 11 is 0. The molecular weight excluding hydrogens is 206 g/mol. The summed E-state index contributed by atoms with van der Waals surface area (Å²) in [7, 11) is 0. The third-order valence-electron chi connectivity index (χ3n) is 2.33. The van der Waals surface area contributed by atoms with Crippen LogP contribution in [-0.4, -0.2) is 29.8 Å². The average molecular weight is 223 g/mol. The average Bonchev–Trinajstić information content (AvgIpc) is 2.30. The molecule has 1 atom stereocenters. The summed E-state index contributed by atoms with van der Waals surface area (Å²) in [5.74, 6) is -0.568. The molecule has 4 nitrogen and oxygen atoms in total. The molecule has 1 rings (SSSR count). The number of ether oxygens (including phenoxy) is 1. The molecule has 3 N–H and O–H groups in total. The maximum atomic E-state index is 11.6. The first-order valence-corrected chi connectivity index (χ1v) is 5.23. The number of hydrogen-bond donors (Lipinski definition) is 2. The SMILES string of the molecule is CCOC(=O)[C@@](N)(CO)Cc1ccccc1. The van der Waals surface area contributed by atoms with Crippen LogP contribution in [0, 0.1) is 0 Å². The zero-order chi connectivity index (χ0) is 12.0. The molecule has 0 amide bonds. The van der Waals surface area contributed by atoms with Gasteiger partial charge in [0.15, 0.2) is 0 Å². The van der Waals surface area contributed by atoms with Crippen molar-refractivity contribution >= 4 is 5.97 Å². The lowest BCUT2D eigenvalue weighted by Crippen LogP contribution is -2.54. The Balaban J connectivity index is 2.78. The minimum absolute atomic E-state index is 0.257. The van der Waals surface area contributed by atoms with Gasteiger partial charge in [0.1, 0.15) is 5.54 Å². The van der Waals surface area contributed by atoms with Crippen molar-refractivity contribution in [3.63, 3.8) is 0 Å². The number of nitrogens with two attached hydrogens (primary N) is 1. The fourth-order valence-electron chi connectivity index (χ4n) is 1.43. The quantitative estimate of drug-likeness (QED) is 0.712. The second kappa shape index (κ2) is 5.63. The number of hydrogen-bond acceptors (Lipinski definition) is 4. The lowest BCUT2D eigenvalue weighted by molar-refractivity contribution is -0.151. The van der Waals surface area contributed by atoms with Crippen LogP contribution in [0.4, 0.5) is 0 Å². The predicted molar refractivity (Wildman–Crippen MR) is 60.8 cm³/mol. The smallest absolute Gasteiger partial charge is 0.328 e. The molecular formula is C12H17NO3. The molecule has 0 aliphatic carbocycles. The maximum Gasteiger partial charge on any atom is 0.328 e. The van der Waals surface area contributed by atoms with Gasteiger partial charge in [-0.25, -0.2) is 4.79 Å². The van der Waals surface area contributed by atoms with Gasteiger partial charge >= 0.3 is 5.97 Å². The van der Waals surface area contributed by atoms with Crippen LogP contribution in [0.2, 0.25) is 0 Å². The van der Waals surface area contributed by atoms with E-state index in [1.54, 1.807) is 6.92 Å². The summed E-state index contributed by atoms with van der Waals surface area (Å²) in [4.78, 5) is 11.6. The molecule has 0 heterocycles. The van der Waals surface area contributed by atoms with Crippen molar-refractivity contribution < 1.29 is 14.6 Å². The van der Waals surface area contributed by atoms with Gasteiger partial charge in [-0.1, -0.05) is 30.3 Å². The molecule has 0 unspecified atom stereocenters. The summed E-state index contributed by atoms with van der Waals surface area (Å²) < 4.78 is 4.85. The third kappa shape index (κ3) is 3.05. The molecule has 0 spiro atoms. The predicted octanol–water partition coefficient (Wildman–Crippen LogP) is 0.482. The van der Waals surface area contributed by atoms with Crippen LogP contribution in [0.15, 0.2) is 30.3 Å². The van der Waals surface area contributed by atoms with Crippen LogP contribution in [0.1, 0.15) is 12.5 Å². The van der Waals surface area contributed by atoms with E-state index in [1.807, 2.05) is 30.3 Å². The number of carbonyl (C=O) groups excluding carboxylic acids is 1. The number of aliphatic hydroxyl groups excluding tert-OH is 1. The van der Waals surface area contributed by atoms with E-state index < -0.39 is 18.1 Å². The summed E-state index contributed by atoms with van der Waals surface area (Å²) in [5, 5.41) is 9.22. The maximum absolute atomic E-state index is 11.6. The minimum atomic E-state index is -1.35. The number of esters is 1. The normalized spacial score (nSPS) is 14.2. The monoisotopic (exact) mass is 223 g/mol. The zero-order valence-corrected chi connectivity index (χ0v) is 9.35. The molecule has 1 aromatic rings. The molecule has 0 saturated carbocycles. The van der Waals surface area contributed by atoms with Crippen LogP contribution >= 0.6 is 0 Å². The molecule has 88 valence electrons. The number of aliphatic hydroxyl groups is 1. The summed E-state index contributed by atoms with van der Waals surface area (Å²) in [6.45, 7) is 1.53. The Morgan fingerprint density at radius 3 is 2.56 bits per heavy atom. The van der Waals surface area contributed by atoms with Gasteiger partial charge in [-0.05, 0) is 12.5 Å². The first kappa shape index (κ1) is 12.7. The first-order valence-electron chi connectivity index (χ1n) is 5.23. The second-order valence-electron chi connectivity index (χ2n) is 3.70. The lowest BCUT2D eigenvalue weighted by atomic mass is 9.93. The van der Waals surface area contributed by atoms with Gasteiger partial charge in [-0.15, -0.1) is 0 Å². The lowest BCUT2D eigenvalue weighted by Gasteiger charge is -2.24. The van der Waals surface area contributed by atoms with Gasteiger partial charge < -0.3 is 15.6 Å². The van der Waals surface area contributed by atoms with Crippen molar-refractivity contribution in [1.29, 1.82) is 0 Å². The highest BCUT2D eigenvalue weighted by Gasteiger charge is 2.35. The van der Waals surface area contributed by atoms with Crippen molar-refractivity contribution in [2.24, 2.45) is 5.73 Å². The number of benzene rings is 1. The summed E-state index contributed by atoms with van der Waals surface area (Å²) in [6, 6.07) is 9.31. The Morgan fingerprint density at radius 2 is 2.06 bits per heavy atom. The number of rotatable bonds is 5. The van der Waals surface area contributed by atoms with Crippen LogP contribution in [0.5, 0.6) is 0 Å². The molecule has 0 radical (unpaired) electrons. The van der Waals surface area contributed by atoms with Crippen molar-refractivity contribution in [3.05, 3.63) is 35.9 Å². The molecule has 0 aromatic heterocycles. The van der Waals surface area contributed by atoms with Gasteiger partial charge in [-0.3, -0.25) is 0 Å². The molecule has 0 saturated heterocycles. The molecule has 0 aliphatic rings. The van der Waals surface area contributed by atoms with E-state index in [0.29, 0.717) is 0 Å². The Bertz CT molecular complexity index is 339. The summed E-state index contributed by atoms with van der Waals surface area (Å²) in [5.41, 5.74) is 5.38. The Labute approximate surface area is 95.0 Å². The summed E-state index contributed by atoms with van der Waals surface area (Å²) in [6.07, 6.45) is 0.267. The van der Waals surface area contributed by atoms with Gasteiger partial charge in [-0.2, -0.15) is 0 Å². The fourth-order valence-corrected chi connectivity index (χ4v) is 1.43. The van der Waals surface area contributed by atoms with Crippen LogP contribution in [0.3, 0.4) is 0 Å². The van der Waals surface area contributed by atoms with Crippen LogP contribution < -0.4 is 5.73 Å². The Hall–Kier alpha value is -1.39. The molecule has 0 bridgehead atoms. The molecule has 0 aliphatic heterocycles.